The molecule has 0 spiro atoms. The Morgan fingerprint density at radius 1 is 1.12 bits per heavy atom. The fourth-order valence-electron chi connectivity index (χ4n) is 4.08. The van der Waals surface area contributed by atoms with Crippen molar-refractivity contribution in [3.05, 3.63) is 0 Å². The summed E-state index contributed by atoms with van der Waals surface area (Å²) >= 11 is 0. The lowest BCUT2D eigenvalue weighted by Gasteiger charge is -2.29. The molecule has 3 amide bonds. The molecule has 7 nitrogen and oxygen atoms in total. The molecule has 2 atom stereocenters. The molecule has 1 heterocycles. The molecule has 0 radical (unpaired) electrons. The molecular weight excluding hydrogens is 336 g/mol. The van der Waals surface area contributed by atoms with Crippen molar-refractivity contribution in [2.45, 2.75) is 89.2 Å². The maximum absolute atomic E-state index is 12.0. The van der Waals surface area contributed by atoms with Gasteiger partial charge in [0.1, 0.15) is 6.04 Å². The minimum Gasteiger partial charge on any atom is -0.481 e. The molecule has 0 unspecified atom stereocenters. The first-order valence-corrected chi connectivity index (χ1v) is 10.0. The number of urea groups is 1. The summed E-state index contributed by atoms with van der Waals surface area (Å²) in [5.74, 6) is -0.723. The second-order valence-electron chi connectivity index (χ2n) is 7.60. The largest absolute Gasteiger partial charge is 0.481 e. The number of carbonyl (C=O) groups is 3. The van der Waals surface area contributed by atoms with Crippen molar-refractivity contribution in [2.75, 3.05) is 6.54 Å². The van der Waals surface area contributed by atoms with Crippen LogP contribution in [0.25, 0.3) is 0 Å². The highest BCUT2D eigenvalue weighted by molar-refractivity contribution is 6.04. The highest BCUT2D eigenvalue weighted by atomic mass is 16.4. The number of hydrogen-bond donors (Lipinski definition) is 3. The number of nitrogens with one attached hydrogen (secondary N) is 1. The molecule has 2 aliphatic rings. The van der Waals surface area contributed by atoms with Crippen LogP contribution in [-0.2, 0) is 9.59 Å². The number of carboxylic acid groups (broad SMARTS) is 1. The van der Waals surface area contributed by atoms with Crippen LogP contribution in [0.3, 0.4) is 0 Å². The third kappa shape index (κ3) is 6.27. The topological polar surface area (TPSA) is 107 Å². The number of carboxylic acids is 1. The van der Waals surface area contributed by atoms with Gasteiger partial charge < -0.3 is 15.1 Å². The van der Waals surface area contributed by atoms with E-state index >= 15 is 0 Å². The lowest BCUT2D eigenvalue weighted by atomic mass is 9.84. The molecule has 1 saturated heterocycles. The Balaban J connectivity index is 1.73. The van der Waals surface area contributed by atoms with Gasteiger partial charge in [0, 0.05) is 13.0 Å². The normalized spacial score (nSPS) is 22.5. The van der Waals surface area contributed by atoms with Crippen molar-refractivity contribution in [3.8, 4) is 0 Å². The van der Waals surface area contributed by atoms with E-state index in [-0.39, 0.29) is 18.4 Å². The predicted octanol–water partition coefficient (Wildman–Crippen LogP) is 2.66. The number of hydrogen-bond acceptors (Lipinski definition) is 4. The number of rotatable bonds is 11. The molecule has 1 aliphatic carbocycles. The number of aliphatic hydroxyl groups excluding tert-OH is 1. The van der Waals surface area contributed by atoms with Crippen LogP contribution in [0.2, 0.25) is 0 Å². The number of amides is 3. The van der Waals surface area contributed by atoms with E-state index in [1.54, 1.807) is 4.90 Å². The van der Waals surface area contributed by atoms with Crippen LogP contribution in [0.15, 0.2) is 0 Å². The van der Waals surface area contributed by atoms with E-state index in [4.69, 9.17) is 5.11 Å². The highest BCUT2D eigenvalue weighted by Crippen LogP contribution is 2.28. The summed E-state index contributed by atoms with van der Waals surface area (Å²) in [7, 11) is 0. The zero-order chi connectivity index (χ0) is 18.9. The first-order chi connectivity index (χ1) is 12.5. The quantitative estimate of drug-likeness (QED) is 0.384. The number of unbranched alkanes of at least 4 members (excludes halogenated alkanes) is 3. The Bertz CT molecular complexity index is 490. The van der Waals surface area contributed by atoms with E-state index in [1.165, 1.54) is 6.42 Å². The zero-order valence-electron chi connectivity index (χ0n) is 15.5. The van der Waals surface area contributed by atoms with Gasteiger partial charge in [0.05, 0.1) is 6.10 Å². The van der Waals surface area contributed by atoms with E-state index in [1.807, 2.05) is 0 Å². The van der Waals surface area contributed by atoms with E-state index in [0.29, 0.717) is 31.7 Å². The van der Waals surface area contributed by atoms with Gasteiger partial charge in [0.2, 0.25) is 0 Å². The molecule has 1 saturated carbocycles. The van der Waals surface area contributed by atoms with E-state index < -0.39 is 18.1 Å². The van der Waals surface area contributed by atoms with Crippen LogP contribution in [-0.4, -0.2) is 51.7 Å². The summed E-state index contributed by atoms with van der Waals surface area (Å²) in [6, 6.07) is -0.817. The molecule has 0 aromatic heterocycles. The number of aliphatic hydroxyl groups is 1. The zero-order valence-corrected chi connectivity index (χ0v) is 15.5. The molecule has 0 bridgehead atoms. The van der Waals surface area contributed by atoms with Gasteiger partial charge in [0.25, 0.3) is 5.91 Å². The summed E-state index contributed by atoms with van der Waals surface area (Å²) < 4.78 is 0. The molecule has 0 aromatic rings. The summed E-state index contributed by atoms with van der Waals surface area (Å²) in [4.78, 5) is 36.1. The number of nitrogens with zero attached hydrogens (tertiary/aromatic N) is 1. The molecule has 148 valence electrons. The average molecular weight is 368 g/mol. The summed E-state index contributed by atoms with van der Waals surface area (Å²) in [6.07, 6.45) is 9.62. The molecule has 0 aromatic carbocycles. The fraction of sp³-hybridized carbons (Fsp3) is 0.842. The Morgan fingerprint density at radius 3 is 2.50 bits per heavy atom. The minimum absolute atomic E-state index is 0.174. The SMILES string of the molecule is O=C(O)CCCCCC[C@@H]1C(=O)NC(=O)N1CC[C@@H](O)C1CCCCC1. The lowest BCUT2D eigenvalue weighted by molar-refractivity contribution is -0.137. The number of aliphatic carboxylic acids is 1. The molecule has 7 heteroatoms. The van der Waals surface area contributed by atoms with Gasteiger partial charge in [-0.2, -0.15) is 0 Å². The molecular formula is C19H32N2O5. The molecule has 2 rings (SSSR count). The monoisotopic (exact) mass is 368 g/mol. The Labute approximate surface area is 155 Å². The van der Waals surface area contributed by atoms with Gasteiger partial charge in [0.15, 0.2) is 0 Å². The van der Waals surface area contributed by atoms with Crippen LogP contribution >= 0.6 is 0 Å². The van der Waals surface area contributed by atoms with Gasteiger partial charge in [-0.05, 0) is 38.0 Å². The highest BCUT2D eigenvalue weighted by Gasteiger charge is 2.38. The number of imide groups is 1. The van der Waals surface area contributed by atoms with Crippen molar-refractivity contribution in [1.29, 1.82) is 0 Å². The van der Waals surface area contributed by atoms with Gasteiger partial charge in [-0.15, -0.1) is 0 Å². The third-order valence-corrected chi connectivity index (χ3v) is 5.65. The van der Waals surface area contributed by atoms with Gasteiger partial charge in [-0.1, -0.05) is 38.5 Å². The van der Waals surface area contributed by atoms with Crippen molar-refractivity contribution in [3.63, 3.8) is 0 Å². The van der Waals surface area contributed by atoms with Gasteiger partial charge >= 0.3 is 12.0 Å². The summed E-state index contributed by atoms with van der Waals surface area (Å²) in [5.41, 5.74) is 0. The van der Waals surface area contributed by atoms with Crippen LogP contribution in [0.5, 0.6) is 0 Å². The summed E-state index contributed by atoms with van der Waals surface area (Å²) in [5, 5.41) is 21.4. The molecule has 3 N–H and O–H groups in total. The van der Waals surface area contributed by atoms with Crippen LogP contribution in [0.4, 0.5) is 4.79 Å². The second-order valence-corrected chi connectivity index (χ2v) is 7.60. The van der Waals surface area contributed by atoms with Crippen molar-refractivity contribution >= 4 is 17.9 Å². The fourth-order valence-corrected chi connectivity index (χ4v) is 4.08. The van der Waals surface area contributed by atoms with Gasteiger partial charge in [-0.3, -0.25) is 14.9 Å². The van der Waals surface area contributed by atoms with E-state index in [2.05, 4.69) is 5.32 Å². The van der Waals surface area contributed by atoms with Gasteiger partial charge in [-0.25, -0.2) is 4.79 Å². The number of carbonyl (C=O) groups excluding carboxylic acids is 2. The second kappa shape index (κ2) is 10.5. The Kier molecular flexibility index (Phi) is 8.35. The standard InChI is InChI=1S/C19H32N2O5/c22-16(14-8-4-3-5-9-14)12-13-21-15(18(25)20-19(21)26)10-6-1-2-7-11-17(23)24/h14-16,22H,1-13H2,(H,23,24)(H,20,25,26)/t15-,16-/m1/s1. The van der Waals surface area contributed by atoms with E-state index in [0.717, 1.165) is 44.9 Å². The van der Waals surface area contributed by atoms with Crippen molar-refractivity contribution in [2.24, 2.45) is 5.92 Å². The minimum atomic E-state index is -0.784. The molecule has 26 heavy (non-hydrogen) atoms. The average Bonchev–Trinajstić information content (AvgIpc) is 2.89. The van der Waals surface area contributed by atoms with Crippen LogP contribution in [0, 0.1) is 5.92 Å². The molecule has 1 aliphatic heterocycles. The van der Waals surface area contributed by atoms with Crippen LogP contribution < -0.4 is 5.32 Å². The van der Waals surface area contributed by atoms with Crippen LogP contribution in [0.1, 0.15) is 77.0 Å². The molecule has 2 fully saturated rings. The maximum atomic E-state index is 12.0. The Hall–Kier alpha value is -1.63. The van der Waals surface area contributed by atoms with Crippen molar-refractivity contribution < 1.29 is 24.6 Å². The predicted molar refractivity (Wildman–Crippen MR) is 96.6 cm³/mol. The smallest absolute Gasteiger partial charge is 0.324 e. The summed E-state index contributed by atoms with van der Waals surface area (Å²) in [6.45, 7) is 0.402. The lowest BCUT2D eigenvalue weighted by Crippen LogP contribution is -2.38. The van der Waals surface area contributed by atoms with Crippen molar-refractivity contribution in [1.82, 2.24) is 10.2 Å². The maximum Gasteiger partial charge on any atom is 0.324 e. The Morgan fingerprint density at radius 2 is 1.81 bits per heavy atom. The first kappa shape index (κ1) is 20.7. The van der Waals surface area contributed by atoms with E-state index in [9.17, 15) is 19.5 Å². The third-order valence-electron chi connectivity index (χ3n) is 5.65. The first-order valence-electron chi connectivity index (χ1n) is 10.0.